The number of ketones is 1. The molecule has 2 amide bonds. The SMILES string of the molecule is COC(=O)O[C@H]1C[C@H]2OC[C@@]2(OC(C)=O)[C@H]2[C@H](OC(=O)c3ccccc3)[C@]34OC(=O)O[C@H]3[C@H](OC(=O)[C@H](O)[C@@H](NC(=O)N(C)C)c3ccccc3)C(C)=C([C@@H](OC)C(=O)[C@]12C)C4(C)C. The maximum Gasteiger partial charge on any atom is 0.509 e. The van der Waals surface area contributed by atoms with E-state index < -0.39 is 119 Å². The first-order valence-electron chi connectivity index (χ1n) is 20.6. The van der Waals surface area contributed by atoms with Crippen molar-refractivity contribution in [1.29, 1.82) is 0 Å². The molecule has 344 valence electrons. The van der Waals surface area contributed by atoms with Gasteiger partial charge in [0.1, 0.15) is 18.3 Å². The van der Waals surface area contributed by atoms with Crippen LogP contribution in [0, 0.1) is 16.7 Å². The zero-order valence-corrected chi connectivity index (χ0v) is 36.8. The van der Waals surface area contributed by atoms with E-state index in [2.05, 4.69) is 5.32 Å². The summed E-state index contributed by atoms with van der Waals surface area (Å²) >= 11 is 0. The minimum atomic E-state index is -2.32. The van der Waals surface area contributed by atoms with E-state index >= 15 is 4.79 Å². The molecular weight excluding hydrogens is 840 g/mol. The lowest BCUT2D eigenvalue weighted by Crippen LogP contribution is -2.83. The molecule has 12 atom stereocenters. The fraction of sp³-hybridized carbons (Fsp3) is 0.533. The number of ether oxygens (including phenoxy) is 9. The Balaban J connectivity index is 1.49. The lowest BCUT2D eigenvalue weighted by Gasteiger charge is -2.67. The molecule has 4 fully saturated rings. The first kappa shape index (κ1) is 46.0. The van der Waals surface area contributed by atoms with Crippen molar-refractivity contribution in [2.24, 2.45) is 16.7 Å². The van der Waals surface area contributed by atoms with Crippen molar-refractivity contribution in [1.82, 2.24) is 10.2 Å². The van der Waals surface area contributed by atoms with Crippen LogP contribution in [0.4, 0.5) is 14.4 Å². The van der Waals surface area contributed by atoms with E-state index in [0.717, 1.165) is 14.0 Å². The summed E-state index contributed by atoms with van der Waals surface area (Å²) < 4.78 is 54.2. The number of rotatable bonds is 10. The molecule has 64 heavy (non-hydrogen) atoms. The number of carbonyl (C=O) groups excluding carboxylic acids is 7. The van der Waals surface area contributed by atoms with Gasteiger partial charge in [-0.3, -0.25) is 9.59 Å². The molecule has 2 heterocycles. The quantitative estimate of drug-likeness (QED) is 0.197. The summed E-state index contributed by atoms with van der Waals surface area (Å²) in [5.74, 6) is -5.42. The maximum atomic E-state index is 15.9. The van der Waals surface area contributed by atoms with E-state index in [9.17, 15) is 33.9 Å². The van der Waals surface area contributed by atoms with Gasteiger partial charge in [0.2, 0.25) is 5.60 Å². The molecule has 2 N–H and O–H groups in total. The van der Waals surface area contributed by atoms with Gasteiger partial charge in [0, 0.05) is 40.0 Å². The molecule has 2 aromatic carbocycles. The van der Waals surface area contributed by atoms with Crippen molar-refractivity contribution < 1.29 is 81.3 Å². The summed E-state index contributed by atoms with van der Waals surface area (Å²) in [6, 6.07) is 13.9. The number of urea groups is 1. The van der Waals surface area contributed by atoms with Crippen LogP contribution >= 0.6 is 0 Å². The van der Waals surface area contributed by atoms with E-state index in [1.54, 1.807) is 62.4 Å². The van der Waals surface area contributed by atoms with Gasteiger partial charge in [-0.25, -0.2) is 24.0 Å². The number of nitrogens with zero attached hydrogens (tertiary/aromatic N) is 1. The van der Waals surface area contributed by atoms with Crippen LogP contribution < -0.4 is 5.32 Å². The average Bonchev–Trinajstić information content (AvgIpc) is 3.63. The molecular formula is C45H52N2O17. The van der Waals surface area contributed by atoms with E-state index in [4.69, 9.17) is 42.6 Å². The molecule has 2 bridgehead atoms. The van der Waals surface area contributed by atoms with Crippen molar-refractivity contribution in [3.63, 3.8) is 0 Å². The van der Waals surface area contributed by atoms with E-state index in [1.165, 1.54) is 52.1 Å². The molecule has 3 aliphatic carbocycles. The Bertz CT molecular complexity index is 2250. The Labute approximate surface area is 368 Å². The van der Waals surface area contributed by atoms with Gasteiger partial charge in [0.25, 0.3) is 0 Å². The van der Waals surface area contributed by atoms with E-state index in [1.807, 2.05) is 0 Å². The van der Waals surface area contributed by atoms with Crippen molar-refractivity contribution in [3.8, 4) is 0 Å². The molecule has 1 spiro atoms. The zero-order valence-electron chi connectivity index (χ0n) is 36.8. The molecule has 19 nitrogen and oxygen atoms in total. The van der Waals surface area contributed by atoms with Gasteiger partial charge in [0.05, 0.1) is 36.7 Å². The van der Waals surface area contributed by atoms with E-state index in [-0.39, 0.29) is 29.7 Å². The molecule has 2 saturated heterocycles. The number of carbonyl (C=O) groups is 7. The summed E-state index contributed by atoms with van der Waals surface area (Å²) in [6.07, 6.45) is -14.2. The Morgan fingerprint density at radius 1 is 0.922 bits per heavy atom. The molecule has 19 heteroatoms. The molecule has 2 aromatic rings. The van der Waals surface area contributed by atoms with Gasteiger partial charge in [-0.1, -0.05) is 62.4 Å². The van der Waals surface area contributed by atoms with Gasteiger partial charge < -0.3 is 58.0 Å². The normalized spacial score (nSPS) is 33.0. The van der Waals surface area contributed by atoms with Gasteiger partial charge in [-0.2, -0.15) is 0 Å². The lowest BCUT2D eigenvalue weighted by atomic mass is 9.44. The second kappa shape index (κ2) is 16.8. The number of amides is 2. The van der Waals surface area contributed by atoms with Crippen LogP contribution in [0.5, 0.6) is 0 Å². The monoisotopic (exact) mass is 892 g/mol. The van der Waals surface area contributed by atoms with Crippen LogP contribution in [0.15, 0.2) is 71.8 Å². The molecule has 2 saturated carbocycles. The summed E-state index contributed by atoms with van der Waals surface area (Å²) in [5.41, 5.74) is -7.25. The van der Waals surface area contributed by atoms with Crippen molar-refractivity contribution in [2.75, 3.05) is 34.9 Å². The van der Waals surface area contributed by atoms with Gasteiger partial charge in [-0.15, -0.1) is 0 Å². The second-order valence-electron chi connectivity index (χ2n) is 17.5. The highest BCUT2D eigenvalue weighted by Crippen LogP contribution is 2.67. The standard InChI is InChI=1S/C45H52N2O17/c1-22-28-32(56-8)34(50)43(5)26(59-40(54)57-9)20-27-44(21-58-27,63-23(2)48)33(43)36(61-37(51)25-18-14-11-15-19-25)45(42(28,3)4)35(62-41(55)64-45)31(22)60-38(52)30(49)29(46-39(53)47(6)7)24-16-12-10-13-17-24/h10-19,26-27,29-33,35-36,49H,20-21H2,1-9H3,(H,46,53)/t26-,27+,29-,30+,31+,32+,33-,35-,36-,43+,44-,45+/m0/s1. The number of esters is 3. The van der Waals surface area contributed by atoms with Crippen LogP contribution in [0.2, 0.25) is 0 Å². The highest BCUT2D eigenvalue weighted by molar-refractivity contribution is 5.95. The second-order valence-corrected chi connectivity index (χ2v) is 17.5. The third-order valence-corrected chi connectivity index (χ3v) is 13.6. The number of nitrogens with one attached hydrogen (secondary N) is 1. The molecule has 5 aliphatic rings. The van der Waals surface area contributed by atoms with Crippen LogP contribution in [0.3, 0.4) is 0 Å². The van der Waals surface area contributed by atoms with Crippen molar-refractivity contribution >= 4 is 42.0 Å². The predicted molar refractivity (Wildman–Crippen MR) is 217 cm³/mol. The Morgan fingerprint density at radius 2 is 1.56 bits per heavy atom. The van der Waals surface area contributed by atoms with Crippen LogP contribution in [-0.4, -0.2) is 141 Å². The maximum absolute atomic E-state index is 15.9. The smallest absolute Gasteiger partial charge is 0.454 e. The highest BCUT2D eigenvalue weighted by Gasteiger charge is 2.83. The fourth-order valence-electron chi connectivity index (χ4n) is 10.6. The van der Waals surface area contributed by atoms with Gasteiger partial charge in [-0.05, 0) is 42.7 Å². The fourth-order valence-corrected chi connectivity index (χ4v) is 10.6. The number of hydrogen-bond donors (Lipinski definition) is 2. The van der Waals surface area contributed by atoms with Gasteiger partial charge in [0.15, 0.2) is 35.8 Å². The Kier molecular flexibility index (Phi) is 12.1. The lowest BCUT2D eigenvalue weighted by molar-refractivity contribution is -0.345. The number of aliphatic hydroxyl groups excluding tert-OH is 1. The summed E-state index contributed by atoms with van der Waals surface area (Å²) in [4.78, 5) is 99.4. The number of fused-ring (bicyclic) bond motifs is 4. The Morgan fingerprint density at radius 3 is 2.12 bits per heavy atom. The van der Waals surface area contributed by atoms with Crippen molar-refractivity contribution in [2.45, 2.75) is 101 Å². The third-order valence-electron chi connectivity index (χ3n) is 13.6. The Hall–Kier alpha value is -6.05. The predicted octanol–water partition coefficient (Wildman–Crippen LogP) is 3.60. The van der Waals surface area contributed by atoms with Crippen molar-refractivity contribution in [3.05, 3.63) is 82.9 Å². The molecule has 2 aliphatic heterocycles. The largest absolute Gasteiger partial charge is 0.509 e. The first-order chi connectivity index (χ1) is 30.2. The zero-order chi connectivity index (χ0) is 46.7. The third kappa shape index (κ3) is 7.04. The number of benzene rings is 2. The minimum absolute atomic E-state index is 0.0325. The summed E-state index contributed by atoms with van der Waals surface area (Å²) in [5, 5.41) is 14.4. The van der Waals surface area contributed by atoms with Gasteiger partial charge >= 0.3 is 36.2 Å². The molecule has 0 aromatic heterocycles. The van der Waals surface area contributed by atoms with Crippen LogP contribution in [-0.2, 0) is 57.0 Å². The minimum Gasteiger partial charge on any atom is -0.454 e. The molecule has 0 unspecified atom stereocenters. The van der Waals surface area contributed by atoms with Crippen LogP contribution in [0.1, 0.15) is 63.0 Å². The average molecular weight is 893 g/mol. The number of aliphatic hydroxyl groups is 1. The summed E-state index contributed by atoms with van der Waals surface area (Å²) in [6.45, 7) is 6.99. The van der Waals surface area contributed by atoms with Crippen LogP contribution in [0.25, 0.3) is 0 Å². The first-order valence-corrected chi connectivity index (χ1v) is 20.6. The molecule has 7 rings (SSSR count). The topological polar surface area (TPSA) is 238 Å². The highest BCUT2D eigenvalue weighted by atomic mass is 16.8. The number of Topliss-reactive ketones (excluding diaryl/α,β-unsaturated/α-hetero) is 1. The number of hydrogen-bond acceptors (Lipinski definition) is 17. The van der Waals surface area contributed by atoms with E-state index in [0.29, 0.717) is 5.56 Å². The number of methoxy groups -OCH3 is 2. The molecule has 0 radical (unpaired) electrons. The summed E-state index contributed by atoms with van der Waals surface area (Å²) in [7, 11) is 5.27.